The van der Waals surface area contributed by atoms with Gasteiger partial charge in [-0.15, -0.1) is 0 Å². The molecule has 2 aromatic heterocycles. The molecule has 0 radical (unpaired) electrons. The molecule has 2 N–H and O–H groups in total. The average Bonchev–Trinajstić information content (AvgIpc) is 2.71. The molecule has 2 heterocycles. The van der Waals surface area contributed by atoms with Gasteiger partial charge in [0.15, 0.2) is 6.10 Å². The molecule has 0 aliphatic heterocycles. The number of nitrogens with one attached hydrogen (secondary N) is 1. The molecule has 5 nitrogen and oxygen atoms in total. The maximum absolute atomic E-state index is 11.3. The van der Waals surface area contributed by atoms with Crippen molar-refractivity contribution in [1.82, 2.24) is 9.97 Å². The van der Waals surface area contributed by atoms with E-state index in [1.807, 2.05) is 26.8 Å². The second kappa shape index (κ2) is 4.42. The van der Waals surface area contributed by atoms with Gasteiger partial charge in [0.2, 0.25) is 0 Å². The fourth-order valence-electron chi connectivity index (χ4n) is 1.70. The van der Waals surface area contributed by atoms with Crippen LogP contribution >= 0.6 is 0 Å². The third-order valence-corrected chi connectivity index (χ3v) is 2.42. The summed E-state index contributed by atoms with van der Waals surface area (Å²) >= 11 is 0. The van der Waals surface area contributed by atoms with Crippen LogP contribution in [0, 0.1) is 0 Å². The Kier molecular flexibility index (Phi) is 3.09. The van der Waals surface area contributed by atoms with Gasteiger partial charge in [0.1, 0.15) is 0 Å². The van der Waals surface area contributed by atoms with Crippen LogP contribution < -0.4 is 0 Å². The standard InChI is InChI=1S/C13H16N2O3/c1-13(2,3)18-11(12(16)17)9-6-8-4-5-14-10(8)7-15-9/h4-7,11,14H,1-3H3,(H,16,17). The van der Waals surface area contributed by atoms with Crippen LogP contribution in [0.5, 0.6) is 0 Å². The van der Waals surface area contributed by atoms with E-state index in [2.05, 4.69) is 9.97 Å². The van der Waals surface area contributed by atoms with Crippen LogP contribution in [0.4, 0.5) is 0 Å². The average molecular weight is 248 g/mol. The summed E-state index contributed by atoms with van der Waals surface area (Å²) in [7, 11) is 0. The van der Waals surface area contributed by atoms with Crippen LogP contribution in [0.2, 0.25) is 0 Å². The maximum Gasteiger partial charge on any atom is 0.339 e. The lowest BCUT2D eigenvalue weighted by Gasteiger charge is -2.24. The number of H-pyrrole nitrogens is 1. The molecule has 0 bridgehead atoms. The van der Waals surface area contributed by atoms with Crippen molar-refractivity contribution in [2.75, 3.05) is 0 Å². The van der Waals surface area contributed by atoms with Crippen molar-refractivity contribution in [3.63, 3.8) is 0 Å². The van der Waals surface area contributed by atoms with Gasteiger partial charge in [0.05, 0.1) is 23.0 Å². The zero-order valence-corrected chi connectivity index (χ0v) is 10.6. The molecule has 1 atom stereocenters. The van der Waals surface area contributed by atoms with Crippen molar-refractivity contribution >= 4 is 16.9 Å². The fourth-order valence-corrected chi connectivity index (χ4v) is 1.70. The van der Waals surface area contributed by atoms with Crippen molar-refractivity contribution in [2.45, 2.75) is 32.5 Å². The molecule has 5 heteroatoms. The Balaban J connectivity index is 2.38. The van der Waals surface area contributed by atoms with E-state index < -0.39 is 17.7 Å². The van der Waals surface area contributed by atoms with Gasteiger partial charge in [0.25, 0.3) is 0 Å². The van der Waals surface area contributed by atoms with Crippen LogP contribution in [0.15, 0.2) is 24.5 Å². The van der Waals surface area contributed by atoms with Crippen molar-refractivity contribution in [2.24, 2.45) is 0 Å². The van der Waals surface area contributed by atoms with Gasteiger partial charge in [0, 0.05) is 11.6 Å². The highest BCUT2D eigenvalue weighted by molar-refractivity contribution is 5.81. The molecule has 0 aliphatic carbocycles. The Labute approximate surface area is 105 Å². The number of rotatable bonds is 3. The fraction of sp³-hybridized carbons (Fsp3) is 0.385. The minimum absolute atomic E-state index is 0.407. The van der Waals surface area contributed by atoms with Crippen molar-refractivity contribution in [1.29, 1.82) is 0 Å². The molecule has 2 aromatic rings. The van der Waals surface area contributed by atoms with Gasteiger partial charge in [-0.1, -0.05) is 0 Å². The van der Waals surface area contributed by atoms with Crippen LogP contribution in [0.25, 0.3) is 10.9 Å². The highest BCUT2D eigenvalue weighted by Gasteiger charge is 2.27. The molecule has 0 saturated heterocycles. The molecule has 1 unspecified atom stereocenters. The summed E-state index contributed by atoms with van der Waals surface area (Å²) in [6.07, 6.45) is 2.35. The minimum Gasteiger partial charge on any atom is -0.479 e. The summed E-state index contributed by atoms with van der Waals surface area (Å²) in [6.45, 7) is 5.45. The first-order valence-corrected chi connectivity index (χ1v) is 5.70. The molecular weight excluding hydrogens is 232 g/mol. The topological polar surface area (TPSA) is 75.2 Å². The second-order valence-electron chi connectivity index (χ2n) is 5.12. The lowest BCUT2D eigenvalue weighted by atomic mass is 10.1. The van der Waals surface area contributed by atoms with Gasteiger partial charge in [-0.25, -0.2) is 4.79 Å². The quantitative estimate of drug-likeness (QED) is 0.875. The van der Waals surface area contributed by atoms with Gasteiger partial charge in [-0.3, -0.25) is 4.98 Å². The molecular formula is C13H16N2O3. The Morgan fingerprint density at radius 1 is 1.50 bits per heavy atom. The lowest BCUT2D eigenvalue weighted by molar-refractivity contribution is -0.161. The highest BCUT2D eigenvalue weighted by atomic mass is 16.5. The zero-order chi connectivity index (χ0) is 13.3. The number of carbonyl (C=O) groups is 1. The summed E-state index contributed by atoms with van der Waals surface area (Å²) in [6, 6.07) is 3.60. The number of aromatic nitrogens is 2. The molecule has 18 heavy (non-hydrogen) atoms. The molecule has 0 amide bonds. The van der Waals surface area contributed by atoms with Gasteiger partial charge >= 0.3 is 5.97 Å². The molecule has 0 aromatic carbocycles. The summed E-state index contributed by atoms with van der Waals surface area (Å²) in [5, 5.41) is 10.2. The van der Waals surface area contributed by atoms with Crippen LogP contribution in [0.3, 0.4) is 0 Å². The number of carboxylic acid groups (broad SMARTS) is 1. The molecule has 0 aliphatic rings. The van der Waals surface area contributed by atoms with E-state index in [0.717, 1.165) is 10.9 Å². The molecule has 2 rings (SSSR count). The van der Waals surface area contributed by atoms with E-state index in [0.29, 0.717) is 5.69 Å². The van der Waals surface area contributed by atoms with E-state index >= 15 is 0 Å². The summed E-state index contributed by atoms with van der Waals surface area (Å²) in [5.74, 6) is -1.03. The van der Waals surface area contributed by atoms with E-state index in [9.17, 15) is 9.90 Å². The highest BCUT2D eigenvalue weighted by Crippen LogP contribution is 2.25. The molecule has 0 spiro atoms. The monoisotopic (exact) mass is 248 g/mol. The van der Waals surface area contributed by atoms with Crippen LogP contribution in [-0.2, 0) is 9.53 Å². The van der Waals surface area contributed by atoms with Crippen LogP contribution in [-0.4, -0.2) is 26.6 Å². The van der Waals surface area contributed by atoms with E-state index in [4.69, 9.17) is 4.74 Å². The largest absolute Gasteiger partial charge is 0.479 e. The third kappa shape index (κ3) is 2.68. The maximum atomic E-state index is 11.3. The number of pyridine rings is 1. The number of hydrogen-bond donors (Lipinski definition) is 2. The first-order chi connectivity index (χ1) is 8.37. The Morgan fingerprint density at radius 3 is 2.83 bits per heavy atom. The van der Waals surface area contributed by atoms with Crippen LogP contribution in [0.1, 0.15) is 32.6 Å². The molecule has 96 valence electrons. The predicted molar refractivity (Wildman–Crippen MR) is 67.3 cm³/mol. The number of ether oxygens (including phenoxy) is 1. The van der Waals surface area contributed by atoms with Gasteiger partial charge < -0.3 is 14.8 Å². The summed E-state index contributed by atoms with van der Waals surface area (Å²) < 4.78 is 5.54. The van der Waals surface area contributed by atoms with Gasteiger partial charge in [-0.05, 0) is 32.9 Å². The number of nitrogens with zero attached hydrogens (tertiary/aromatic N) is 1. The predicted octanol–water partition coefficient (Wildman–Crippen LogP) is 2.50. The normalized spacial score (nSPS) is 13.7. The zero-order valence-electron chi connectivity index (χ0n) is 10.6. The number of carboxylic acids is 1. The Morgan fingerprint density at radius 2 is 2.22 bits per heavy atom. The number of aromatic amines is 1. The summed E-state index contributed by atoms with van der Waals surface area (Å²) in [4.78, 5) is 18.4. The van der Waals surface area contributed by atoms with Crippen molar-refractivity contribution in [3.8, 4) is 0 Å². The Bertz CT molecular complexity index is 569. The van der Waals surface area contributed by atoms with Crippen molar-refractivity contribution < 1.29 is 14.6 Å². The molecule has 0 fully saturated rings. The Hall–Kier alpha value is -1.88. The summed E-state index contributed by atoms with van der Waals surface area (Å²) in [5.41, 5.74) is 0.737. The second-order valence-corrected chi connectivity index (χ2v) is 5.12. The van der Waals surface area contributed by atoms with E-state index in [1.165, 1.54) is 0 Å². The third-order valence-electron chi connectivity index (χ3n) is 2.42. The lowest BCUT2D eigenvalue weighted by Crippen LogP contribution is -2.27. The molecule has 0 saturated carbocycles. The van der Waals surface area contributed by atoms with Crippen molar-refractivity contribution in [3.05, 3.63) is 30.2 Å². The smallest absolute Gasteiger partial charge is 0.339 e. The minimum atomic E-state index is -1.05. The number of hydrogen-bond acceptors (Lipinski definition) is 3. The van der Waals surface area contributed by atoms with E-state index in [-0.39, 0.29) is 0 Å². The van der Waals surface area contributed by atoms with Gasteiger partial charge in [-0.2, -0.15) is 0 Å². The first-order valence-electron chi connectivity index (χ1n) is 5.70. The van der Waals surface area contributed by atoms with E-state index in [1.54, 1.807) is 18.5 Å². The number of aliphatic carboxylic acids is 1. The SMILES string of the molecule is CC(C)(C)OC(C(=O)O)c1cc2cc[nH]c2cn1. The number of fused-ring (bicyclic) bond motifs is 1. The first kappa shape index (κ1) is 12.6.